The molecule has 1 aliphatic heterocycles. The summed E-state index contributed by atoms with van der Waals surface area (Å²) < 4.78 is 28.8. The van der Waals surface area contributed by atoms with Gasteiger partial charge >= 0.3 is 0 Å². The summed E-state index contributed by atoms with van der Waals surface area (Å²) in [4.78, 5) is 2.41. The number of hydrogen-bond acceptors (Lipinski definition) is 6. The van der Waals surface area contributed by atoms with Crippen molar-refractivity contribution in [1.29, 1.82) is 0 Å². The predicted molar refractivity (Wildman–Crippen MR) is 143 cm³/mol. The van der Waals surface area contributed by atoms with Crippen molar-refractivity contribution in [3.8, 4) is 11.5 Å². The lowest BCUT2D eigenvalue weighted by molar-refractivity contribution is -0.0154. The van der Waals surface area contributed by atoms with Crippen LogP contribution in [0.15, 0.2) is 42.5 Å². The number of hydrogen-bond donors (Lipinski definition) is 0. The Morgan fingerprint density at radius 1 is 1.06 bits per heavy atom. The van der Waals surface area contributed by atoms with E-state index in [0.29, 0.717) is 18.4 Å². The highest BCUT2D eigenvalue weighted by molar-refractivity contribution is 5.61. The van der Waals surface area contributed by atoms with Crippen molar-refractivity contribution in [3.63, 3.8) is 0 Å². The normalized spacial score (nSPS) is 22.6. The number of rotatable bonds is 12. The van der Waals surface area contributed by atoms with E-state index in [1.54, 1.807) is 14.2 Å². The van der Waals surface area contributed by atoms with Crippen molar-refractivity contribution < 1.29 is 23.7 Å². The fourth-order valence-corrected chi connectivity index (χ4v) is 5.65. The number of ether oxygens (including phenoxy) is 5. The van der Waals surface area contributed by atoms with Gasteiger partial charge in [0.1, 0.15) is 18.1 Å². The summed E-state index contributed by atoms with van der Waals surface area (Å²) in [5.74, 6) is 2.87. The topological polar surface area (TPSA) is 49.4 Å². The van der Waals surface area contributed by atoms with Crippen LogP contribution in [0.1, 0.15) is 56.1 Å². The van der Waals surface area contributed by atoms with E-state index < -0.39 is 0 Å². The molecule has 1 saturated carbocycles. The number of fused-ring (bicyclic) bond motifs is 1. The molecule has 4 rings (SSSR count). The van der Waals surface area contributed by atoms with Gasteiger partial charge in [-0.25, -0.2) is 0 Å². The van der Waals surface area contributed by atoms with Gasteiger partial charge in [-0.15, -0.1) is 0 Å². The van der Waals surface area contributed by atoms with Crippen molar-refractivity contribution in [1.82, 2.24) is 0 Å². The molecule has 1 fully saturated rings. The van der Waals surface area contributed by atoms with E-state index in [1.807, 2.05) is 7.11 Å². The Morgan fingerprint density at radius 2 is 1.89 bits per heavy atom. The van der Waals surface area contributed by atoms with Crippen LogP contribution >= 0.6 is 0 Å². The molecule has 0 aromatic heterocycles. The molecule has 0 amide bonds. The van der Waals surface area contributed by atoms with Gasteiger partial charge < -0.3 is 28.6 Å². The van der Waals surface area contributed by atoms with Crippen molar-refractivity contribution in [2.75, 3.05) is 52.5 Å². The second-order valence-corrected chi connectivity index (χ2v) is 10.2. The lowest BCUT2D eigenvalue weighted by atomic mass is 9.74. The summed E-state index contributed by atoms with van der Waals surface area (Å²) in [5, 5.41) is 0. The van der Waals surface area contributed by atoms with Gasteiger partial charge in [0.25, 0.3) is 0 Å². The second-order valence-electron chi connectivity index (χ2n) is 10.2. The molecule has 2 aromatic rings. The zero-order chi connectivity index (χ0) is 25.3. The van der Waals surface area contributed by atoms with Gasteiger partial charge in [-0.2, -0.15) is 0 Å². The molecule has 0 bridgehead atoms. The van der Waals surface area contributed by atoms with Crippen LogP contribution in [-0.2, 0) is 20.8 Å². The third-order valence-corrected chi connectivity index (χ3v) is 7.73. The molecule has 4 atom stereocenters. The molecule has 2 aromatic carbocycles. The maximum atomic E-state index is 6.66. The predicted octanol–water partition coefficient (Wildman–Crippen LogP) is 5.82. The summed E-state index contributed by atoms with van der Waals surface area (Å²) in [6.45, 7) is 6.15. The molecular weight excluding hydrogens is 454 g/mol. The van der Waals surface area contributed by atoms with Gasteiger partial charge in [-0.1, -0.05) is 18.2 Å². The Morgan fingerprint density at radius 3 is 2.64 bits per heavy atom. The Balaban J connectivity index is 1.45. The van der Waals surface area contributed by atoms with Gasteiger partial charge in [0.2, 0.25) is 0 Å². The van der Waals surface area contributed by atoms with Crippen LogP contribution in [0.2, 0.25) is 0 Å². The average Bonchev–Trinajstić information content (AvgIpc) is 2.92. The summed E-state index contributed by atoms with van der Waals surface area (Å²) in [6, 6.07) is 15.0. The van der Waals surface area contributed by atoms with E-state index in [1.165, 1.54) is 23.2 Å². The molecule has 2 aliphatic rings. The average molecular weight is 498 g/mol. The minimum absolute atomic E-state index is 0.192. The first-order valence-corrected chi connectivity index (χ1v) is 13.4. The molecule has 0 N–H and O–H groups in total. The van der Waals surface area contributed by atoms with Crippen LogP contribution in [0.4, 0.5) is 5.69 Å². The van der Waals surface area contributed by atoms with Crippen LogP contribution in [0.5, 0.6) is 11.5 Å². The third-order valence-electron chi connectivity index (χ3n) is 7.73. The van der Waals surface area contributed by atoms with E-state index in [-0.39, 0.29) is 12.2 Å². The first-order valence-electron chi connectivity index (χ1n) is 13.4. The van der Waals surface area contributed by atoms with Gasteiger partial charge in [-0.05, 0) is 80.3 Å². The van der Waals surface area contributed by atoms with E-state index in [9.17, 15) is 0 Å². The van der Waals surface area contributed by atoms with Crippen LogP contribution in [0.3, 0.4) is 0 Å². The number of anilines is 1. The van der Waals surface area contributed by atoms with Gasteiger partial charge in [0.15, 0.2) is 0 Å². The van der Waals surface area contributed by atoms with Crippen molar-refractivity contribution >= 4 is 5.69 Å². The fourth-order valence-electron chi connectivity index (χ4n) is 5.65. The molecule has 1 aliphatic carbocycles. The molecule has 198 valence electrons. The maximum absolute atomic E-state index is 6.66. The van der Waals surface area contributed by atoms with Crippen LogP contribution in [-0.4, -0.2) is 59.8 Å². The highest BCUT2D eigenvalue weighted by Crippen LogP contribution is 2.41. The zero-order valence-electron chi connectivity index (χ0n) is 22.4. The van der Waals surface area contributed by atoms with Gasteiger partial charge in [-0.3, -0.25) is 0 Å². The first-order chi connectivity index (χ1) is 17.6. The lowest BCUT2D eigenvalue weighted by Crippen LogP contribution is -2.34. The Labute approximate surface area is 216 Å². The van der Waals surface area contributed by atoms with Crippen LogP contribution < -0.4 is 14.4 Å². The van der Waals surface area contributed by atoms with Crippen molar-refractivity contribution in [3.05, 3.63) is 53.6 Å². The van der Waals surface area contributed by atoms with Crippen molar-refractivity contribution in [2.45, 2.75) is 63.8 Å². The van der Waals surface area contributed by atoms with Crippen LogP contribution in [0, 0.1) is 5.92 Å². The molecule has 36 heavy (non-hydrogen) atoms. The zero-order valence-corrected chi connectivity index (χ0v) is 22.4. The quantitative estimate of drug-likeness (QED) is 0.344. The fraction of sp³-hybridized carbons (Fsp3) is 0.600. The molecule has 1 heterocycles. The first kappa shape index (κ1) is 26.8. The Kier molecular flexibility index (Phi) is 9.90. The Hall–Kier alpha value is -2.28. The summed E-state index contributed by atoms with van der Waals surface area (Å²) >= 11 is 0. The molecule has 0 radical (unpaired) electrons. The second kappa shape index (κ2) is 13.3. The van der Waals surface area contributed by atoms with E-state index >= 15 is 0 Å². The standard InChI is InChI=1S/C30H43NO5/c1-22(33-3)18-23-6-12-29(27(19-23)25-8-10-26(34-4)11-9-25)36-21-24-7-13-30-28(20-24)31(15-17-35-30)14-5-16-32-2/h7-11,13,20,22-23,27,29H,5-6,12,14-19,21H2,1-4H3/t22-,23-,27+,29-/m0/s1. The largest absolute Gasteiger partial charge is 0.497 e. The molecular formula is C30H43NO5. The van der Waals surface area contributed by atoms with E-state index in [0.717, 1.165) is 63.5 Å². The van der Waals surface area contributed by atoms with Crippen molar-refractivity contribution in [2.24, 2.45) is 5.92 Å². The smallest absolute Gasteiger partial charge is 0.142 e. The number of methoxy groups -OCH3 is 3. The highest BCUT2D eigenvalue weighted by atomic mass is 16.5. The number of nitrogens with zero attached hydrogens (tertiary/aromatic N) is 1. The highest BCUT2D eigenvalue weighted by Gasteiger charge is 2.33. The summed E-state index contributed by atoms with van der Waals surface area (Å²) in [6.07, 6.45) is 5.94. The Bertz CT molecular complexity index is 933. The monoisotopic (exact) mass is 497 g/mol. The molecule has 0 spiro atoms. The minimum atomic E-state index is 0.192. The molecule has 6 heteroatoms. The van der Waals surface area contributed by atoms with E-state index in [4.69, 9.17) is 23.7 Å². The minimum Gasteiger partial charge on any atom is -0.497 e. The van der Waals surface area contributed by atoms with Gasteiger partial charge in [0.05, 0.1) is 38.2 Å². The van der Waals surface area contributed by atoms with Gasteiger partial charge in [0, 0.05) is 33.3 Å². The number of benzene rings is 2. The molecule has 0 saturated heterocycles. The van der Waals surface area contributed by atoms with E-state index in [2.05, 4.69) is 54.3 Å². The summed E-state index contributed by atoms with van der Waals surface area (Å²) in [5.41, 5.74) is 3.70. The SMILES string of the molecule is COCCCN1CCOc2ccc(CO[C@H]3CC[C@@H](C[C@H](C)OC)C[C@@H]3c3ccc(OC)cc3)cc21. The molecule has 6 nitrogen and oxygen atoms in total. The molecule has 0 unspecified atom stereocenters. The summed E-state index contributed by atoms with van der Waals surface area (Å²) in [7, 11) is 5.28. The lowest BCUT2D eigenvalue weighted by Gasteiger charge is -2.37. The van der Waals surface area contributed by atoms with Crippen LogP contribution in [0.25, 0.3) is 0 Å². The maximum Gasteiger partial charge on any atom is 0.142 e. The third kappa shape index (κ3) is 6.93.